The maximum atomic E-state index is 13.8. The van der Waals surface area contributed by atoms with E-state index in [-0.39, 0.29) is 44.1 Å². The zero-order valence-electron chi connectivity index (χ0n) is 43.0. The predicted octanol–water partition coefficient (Wildman–Crippen LogP) is -4.24. The number of carboxylic acids is 3. The van der Waals surface area contributed by atoms with Gasteiger partial charge in [0, 0.05) is 19.4 Å². The highest BCUT2D eigenvalue weighted by Crippen LogP contribution is 2.11. The monoisotopic (exact) mass is 1060 g/mol. The van der Waals surface area contributed by atoms with Crippen LogP contribution in [-0.4, -0.2) is 166 Å². The van der Waals surface area contributed by atoms with Gasteiger partial charge in [-0.05, 0) is 69.4 Å². The number of aliphatic imine (C=N–C) groups is 1. The van der Waals surface area contributed by atoms with Crippen LogP contribution >= 0.6 is 0 Å². The second-order valence-electron chi connectivity index (χ2n) is 18.5. The van der Waals surface area contributed by atoms with Gasteiger partial charge in [-0.1, -0.05) is 64.4 Å². The third kappa shape index (κ3) is 25.9. The number of benzene rings is 1. The molecule has 28 heteroatoms. The van der Waals surface area contributed by atoms with E-state index in [1.807, 2.05) is 0 Å². The zero-order valence-corrected chi connectivity index (χ0v) is 43.0. The first-order chi connectivity index (χ1) is 35.2. The third-order valence-corrected chi connectivity index (χ3v) is 11.2. The van der Waals surface area contributed by atoms with Crippen LogP contribution in [0.4, 0.5) is 0 Å². The van der Waals surface area contributed by atoms with E-state index in [0.29, 0.717) is 31.4 Å². The summed E-state index contributed by atoms with van der Waals surface area (Å²) in [6, 6.07) is -4.86. The number of hydrogen-bond acceptors (Lipinski definition) is 15. The maximum Gasteiger partial charge on any atom is 0.326 e. The van der Waals surface area contributed by atoms with Gasteiger partial charge in [-0.3, -0.25) is 52.9 Å². The molecule has 0 fully saturated rings. The van der Waals surface area contributed by atoms with E-state index < -0.39 is 151 Å². The molecule has 1 rings (SSSR count). The van der Waals surface area contributed by atoms with Crippen LogP contribution in [0.3, 0.4) is 0 Å². The van der Waals surface area contributed by atoms with Gasteiger partial charge in [0.1, 0.15) is 48.3 Å². The molecule has 0 aliphatic carbocycles. The van der Waals surface area contributed by atoms with Crippen molar-refractivity contribution in [2.75, 3.05) is 19.7 Å². The number of carbonyl (C=O) groups is 11. The Bertz CT molecular complexity index is 2130. The number of carbonyl (C=O) groups excluding carboxylic acids is 8. The van der Waals surface area contributed by atoms with Crippen LogP contribution < -0.4 is 65.5 Å². The smallest absolute Gasteiger partial charge is 0.326 e. The Kier molecular flexibility index (Phi) is 29.8. The lowest BCUT2D eigenvalue weighted by molar-refractivity contribution is -0.143. The van der Waals surface area contributed by atoms with E-state index in [9.17, 15) is 73.2 Å². The van der Waals surface area contributed by atoms with Crippen molar-refractivity contribution in [3.8, 4) is 0 Å². The molecular formula is C47H77N13O15. The summed E-state index contributed by atoms with van der Waals surface area (Å²) in [6.07, 6.45) is -1.18. The van der Waals surface area contributed by atoms with Gasteiger partial charge < -0.3 is 85.9 Å². The molecule has 0 heterocycles. The second kappa shape index (κ2) is 34.1. The Hall–Kier alpha value is -7.46. The number of unbranched alkanes of at least 4 members (excludes halogenated alkanes) is 1. The highest BCUT2D eigenvalue weighted by molar-refractivity contribution is 5.99. The Morgan fingerprint density at radius 1 is 0.560 bits per heavy atom. The molecule has 28 nitrogen and oxygen atoms in total. The number of aliphatic hydroxyl groups is 1. The Balaban J connectivity index is 3.38. The molecule has 75 heavy (non-hydrogen) atoms. The summed E-state index contributed by atoms with van der Waals surface area (Å²) in [5.41, 5.74) is 23.1. The summed E-state index contributed by atoms with van der Waals surface area (Å²) in [4.78, 5) is 148. The zero-order chi connectivity index (χ0) is 56.9. The largest absolute Gasteiger partial charge is 0.481 e. The number of hydrogen-bond donors (Lipinski definition) is 16. The number of nitrogens with zero attached hydrogens (tertiary/aromatic N) is 1. The highest BCUT2D eigenvalue weighted by Gasteiger charge is 2.36. The molecule has 0 unspecified atom stereocenters. The average Bonchev–Trinajstić information content (AvgIpc) is 3.33. The number of nitrogens with one attached hydrogen (secondary N) is 8. The molecule has 0 saturated carbocycles. The number of rotatable bonds is 36. The van der Waals surface area contributed by atoms with Crippen molar-refractivity contribution in [1.82, 2.24) is 42.5 Å². The van der Waals surface area contributed by atoms with Crippen molar-refractivity contribution < 1.29 is 73.2 Å². The molecule has 1 aromatic rings. The Morgan fingerprint density at radius 3 is 1.60 bits per heavy atom. The van der Waals surface area contributed by atoms with E-state index in [1.54, 1.807) is 44.2 Å². The van der Waals surface area contributed by atoms with Gasteiger partial charge in [-0.25, -0.2) is 4.79 Å². The van der Waals surface area contributed by atoms with Crippen LogP contribution in [-0.2, 0) is 59.2 Å². The second-order valence-corrected chi connectivity index (χ2v) is 18.5. The van der Waals surface area contributed by atoms with Crippen LogP contribution in [0.5, 0.6) is 0 Å². The summed E-state index contributed by atoms with van der Waals surface area (Å²) < 4.78 is 0. The summed E-state index contributed by atoms with van der Waals surface area (Å²) >= 11 is 0. The minimum Gasteiger partial charge on any atom is -0.481 e. The standard InChI is InChI=1S/C47H77N13O15/c1-24(2)20-31(44(72)60-37(25(3)4)46(74)75)57-41(69)30(16-17-35(62)63)55-43(71)33(22-36(64)65)58-45(73)34(23-61)59-40(68)29(15-11-19-52-47(50)51)54-38(66)26(5)53-42(70)32(21-27-12-7-6-8-13-27)56-39(67)28(49)14-9-10-18-48/h6-8,12-13,24-26,28-34,37,61H,9-11,14-23,48-49H2,1-5H3,(H,53,70)(H,54,66)(H,55,71)(H,56,67)(H,57,69)(H,58,73)(H,59,68)(H,60,72)(H,62,63)(H,64,65)(H,74,75)(H4,50,51,52)/t26-,28-,29-,30-,31-,32-,33-,34-,37-/m0/s1. The topological polar surface area (TPSA) is 481 Å². The molecular weight excluding hydrogens is 987 g/mol. The van der Waals surface area contributed by atoms with E-state index in [2.05, 4.69) is 47.5 Å². The van der Waals surface area contributed by atoms with Gasteiger partial charge in [0.05, 0.1) is 19.1 Å². The number of nitrogens with two attached hydrogens (primary N) is 4. The molecule has 0 saturated heterocycles. The summed E-state index contributed by atoms with van der Waals surface area (Å²) in [5, 5.41) is 57.8. The van der Waals surface area contributed by atoms with Crippen molar-refractivity contribution >= 4 is 71.1 Å². The fourth-order valence-electron chi connectivity index (χ4n) is 7.10. The van der Waals surface area contributed by atoms with Gasteiger partial charge in [-0.2, -0.15) is 0 Å². The number of aliphatic hydroxyl groups excluding tert-OH is 1. The molecule has 20 N–H and O–H groups in total. The molecule has 420 valence electrons. The number of aliphatic carboxylic acids is 3. The third-order valence-electron chi connectivity index (χ3n) is 11.2. The van der Waals surface area contributed by atoms with Gasteiger partial charge in [0.25, 0.3) is 0 Å². The van der Waals surface area contributed by atoms with Crippen LogP contribution in [0, 0.1) is 11.8 Å². The quantitative estimate of drug-likeness (QED) is 0.0172. The van der Waals surface area contributed by atoms with Crippen molar-refractivity contribution in [3.63, 3.8) is 0 Å². The molecule has 9 atom stereocenters. The van der Waals surface area contributed by atoms with E-state index in [1.165, 1.54) is 20.8 Å². The fraction of sp³-hybridized carbons (Fsp3) is 0.617. The minimum atomic E-state index is -2.04. The van der Waals surface area contributed by atoms with E-state index in [4.69, 9.17) is 22.9 Å². The maximum absolute atomic E-state index is 13.8. The van der Waals surface area contributed by atoms with Gasteiger partial charge in [-0.15, -0.1) is 0 Å². The summed E-state index contributed by atoms with van der Waals surface area (Å²) in [7, 11) is 0. The molecule has 0 bridgehead atoms. The number of carboxylic acid groups (broad SMARTS) is 3. The normalized spacial score (nSPS) is 14.6. The summed E-state index contributed by atoms with van der Waals surface area (Å²) in [6.45, 7) is 6.96. The fourth-order valence-corrected chi connectivity index (χ4v) is 7.10. The lowest BCUT2D eigenvalue weighted by Crippen LogP contribution is -2.61. The molecule has 1 aromatic carbocycles. The first kappa shape index (κ1) is 65.6. The van der Waals surface area contributed by atoms with Crippen LogP contribution in [0.2, 0.25) is 0 Å². The number of guanidine groups is 1. The average molecular weight is 1060 g/mol. The molecule has 8 amide bonds. The van der Waals surface area contributed by atoms with Gasteiger partial charge in [0.2, 0.25) is 47.3 Å². The molecule has 0 aromatic heterocycles. The van der Waals surface area contributed by atoms with Crippen LogP contribution in [0.1, 0.15) is 98.0 Å². The lowest BCUT2D eigenvalue weighted by Gasteiger charge is -2.27. The minimum absolute atomic E-state index is 0.00778. The summed E-state index contributed by atoms with van der Waals surface area (Å²) in [5.74, 6) is -13.6. The van der Waals surface area contributed by atoms with Crippen molar-refractivity contribution in [3.05, 3.63) is 35.9 Å². The van der Waals surface area contributed by atoms with Gasteiger partial charge >= 0.3 is 17.9 Å². The first-order valence-corrected chi connectivity index (χ1v) is 24.5. The number of amides is 8. The van der Waals surface area contributed by atoms with E-state index in [0.717, 1.165) is 0 Å². The van der Waals surface area contributed by atoms with Crippen molar-refractivity contribution in [2.24, 2.45) is 39.8 Å². The van der Waals surface area contributed by atoms with Gasteiger partial charge in [0.15, 0.2) is 5.96 Å². The first-order valence-electron chi connectivity index (χ1n) is 24.5. The van der Waals surface area contributed by atoms with Crippen molar-refractivity contribution in [2.45, 2.75) is 153 Å². The molecule has 0 aliphatic rings. The Morgan fingerprint density at radius 2 is 1.07 bits per heavy atom. The van der Waals surface area contributed by atoms with Crippen LogP contribution in [0.15, 0.2) is 35.3 Å². The lowest BCUT2D eigenvalue weighted by atomic mass is 9.99. The predicted molar refractivity (Wildman–Crippen MR) is 270 cm³/mol. The van der Waals surface area contributed by atoms with E-state index >= 15 is 0 Å². The highest BCUT2D eigenvalue weighted by atomic mass is 16.4. The Labute approximate surface area is 434 Å². The molecule has 0 spiro atoms. The van der Waals surface area contributed by atoms with Crippen LogP contribution in [0.25, 0.3) is 0 Å². The molecule has 0 radical (unpaired) electrons. The van der Waals surface area contributed by atoms with Crippen molar-refractivity contribution in [1.29, 1.82) is 0 Å². The molecule has 0 aliphatic heterocycles. The SMILES string of the molecule is CC(C)C[C@H](NC(=O)[C@H](CCC(=O)O)NC(=O)[C@H](CC(=O)O)NC(=O)[C@H](CO)NC(=O)[C@H](CCCN=C(N)N)NC(=O)[C@H](C)NC(=O)[C@H](Cc1ccccc1)NC(=O)[C@@H](N)CCCCN)C(=O)N[C@H](C(=O)O)C(C)C.